The summed E-state index contributed by atoms with van der Waals surface area (Å²) >= 11 is 16.8. The van der Waals surface area contributed by atoms with Gasteiger partial charge in [0.2, 0.25) is 0 Å². The number of hydrogen-bond donors (Lipinski definition) is 0. The molecule has 0 radical (unpaired) electrons. The van der Waals surface area contributed by atoms with Crippen LogP contribution in [0.5, 0.6) is 0 Å². The van der Waals surface area contributed by atoms with E-state index in [4.69, 9.17) is 23.2 Å². The number of rotatable bonds is 2. The molecule has 0 aliphatic heterocycles. The molecule has 0 spiro atoms. The lowest BCUT2D eigenvalue weighted by Crippen LogP contribution is -1.81. The van der Waals surface area contributed by atoms with Crippen LogP contribution in [-0.2, 0) is 0 Å². The summed E-state index contributed by atoms with van der Waals surface area (Å²) in [6, 6.07) is 25.1. The minimum atomic E-state index is 0.730. The molecule has 5 aromatic rings. The molecule has 0 fully saturated rings. The fourth-order valence-electron chi connectivity index (χ4n) is 3.15. The smallest absolute Gasteiger partial charge is 0.0500 e. The van der Waals surface area contributed by atoms with Gasteiger partial charge < -0.3 is 0 Å². The van der Waals surface area contributed by atoms with Crippen molar-refractivity contribution in [2.24, 2.45) is 0 Å². The van der Waals surface area contributed by atoms with Gasteiger partial charge in [-0.15, -0.1) is 22.7 Å². The Morgan fingerprint density at radius 2 is 0.962 bits per heavy atom. The Hall–Kier alpha value is -1.84. The molecular formula is C22H12Cl2S2. The zero-order valence-corrected chi connectivity index (χ0v) is 16.6. The highest BCUT2D eigenvalue weighted by Crippen LogP contribution is 2.44. The van der Waals surface area contributed by atoms with Crippen molar-refractivity contribution in [3.05, 3.63) is 82.8 Å². The Labute approximate surface area is 169 Å². The van der Waals surface area contributed by atoms with Crippen molar-refractivity contribution in [3.8, 4) is 20.9 Å². The van der Waals surface area contributed by atoms with Crippen LogP contribution in [0.3, 0.4) is 0 Å². The molecule has 0 amide bonds. The van der Waals surface area contributed by atoms with Crippen molar-refractivity contribution in [2.45, 2.75) is 0 Å². The van der Waals surface area contributed by atoms with Gasteiger partial charge >= 0.3 is 0 Å². The van der Waals surface area contributed by atoms with Crippen LogP contribution in [0.1, 0.15) is 0 Å². The largest absolute Gasteiger partial charge is 0.135 e. The van der Waals surface area contributed by atoms with Crippen molar-refractivity contribution in [1.82, 2.24) is 0 Å². The maximum atomic E-state index is 6.66. The van der Waals surface area contributed by atoms with Gasteiger partial charge in [-0.25, -0.2) is 0 Å². The molecule has 2 heterocycles. The normalized spacial score (nSPS) is 11.5. The fourth-order valence-corrected chi connectivity index (χ4v) is 5.98. The maximum Gasteiger partial charge on any atom is 0.0500 e. The first-order valence-corrected chi connectivity index (χ1v) is 10.5. The SMILES string of the molecule is Clc1cc(-c2cc3ccccc3s2)c(Cl)cc1-c1cc2ccccc2s1. The molecule has 0 atom stereocenters. The average molecular weight is 411 g/mol. The summed E-state index contributed by atoms with van der Waals surface area (Å²) in [4.78, 5) is 2.28. The molecule has 126 valence electrons. The van der Waals surface area contributed by atoms with Crippen LogP contribution >= 0.6 is 45.9 Å². The Morgan fingerprint density at radius 1 is 0.538 bits per heavy atom. The van der Waals surface area contributed by atoms with E-state index in [2.05, 4.69) is 60.7 Å². The predicted octanol–water partition coefficient (Wildman–Crippen LogP) is 8.76. The molecule has 0 saturated carbocycles. The molecule has 0 unspecified atom stereocenters. The van der Waals surface area contributed by atoms with Gasteiger partial charge in [-0.3, -0.25) is 0 Å². The van der Waals surface area contributed by atoms with E-state index in [1.807, 2.05) is 12.1 Å². The third-order valence-corrected chi connectivity index (χ3v) is 7.36. The third-order valence-electron chi connectivity index (χ3n) is 4.44. The number of halogens is 2. The van der Waals surface area contributed by atoms with Crippen molar-refractivity contribution >= 4 is 66.0 Å². The number of hydrogen-bond acceptors (Lipinski definition) is 2. The van der Waals surface area contributed by atoms with Gasteiger partial charge in [-0.1, -0.05) is 59.6 Å². The van der Waals surface area contributed by atoms with Gasteiger partial charge in [0, 0.05) is 40.3 Å². The second-order valence-electron chi connectivity index (χ2n) is 6.11. The molecule has 3 aromatic carbocycles. The van der Waals surface area contributed by atoms with Crippen LogP contribution < -0.4 is 0 Å². The molecule has 0 aliphatic rings. The Kier molecular flexibility index (Phi) is 4.02. The van der Waals surface area contributed by atoms with E-state index in [9.17, 15) is 0 Å². The minimum Gasteiger partial charge on any atom is -0.135 e. The minimum absolute atomic E-state index is 0.730. The first-order valence-electron chi connectivity index (χ1n) is 8.16. The molecule has 5 rings (SSSR count). The molecule has 2 aromatic heterocycles. The summed E-state index contributed by atoms with van der Waals surface area (Å²) < 4.78 is 2.51. The predicted molar refractivity (Wildman–Crippen MR) is 118 cm³/mol. The fraction of sp³-hybridized carbons (Fsp3) is 0. The van der Waals surface area contributed by atoms with Crippen LogP contribution in [0.2, 0.25) is 10.0 Å². The highest BCUT2D eigenvalue weighted by atomic mass is 35.5. The topological polar surface area (TPSA) is 0 Å². The zero-order valence-electron chi connectivity index (χ0n) is 13.5. The van der Waals surface area contributed by atoms with Crippen LogP contribution in [0.15, 0.2) is 72.8 Å². The maximum absolute atomic E-state index is 6.66. The summed E-state index contributed by atoms with van der Waals surface area (Å²) in [5.41, 5.74) is 1.98. The third kappa shape index (κ3) is 2.74. The van der Waals surface area contributed by atoms with Gasteiger partial charge in [0.25, 0.3) is 0 Å². The first-order chi connectivity index (χ1) is 12.7. The Bertz CT molecular complexity index is 1100. The number of thiophene rings is 2. The van der Waals surface area contributed by atoms with E-state index in [1.54, 1.807) is 22.7 Å². The van der Waals surface area contributed by atoms with E-state index in [0.717, 1.165) is 30.9 Å². The lowest BCUT2D eigenvalue weighted by molar-refractivity contribution is 1.68. The van der Waals surface area contributed by atoms with E-state index in [-0.39, 0.29) is 0 Å². The van der Waals surface area contributed by atoms with Gasteiger partial charge in [0.05, 0.1) is 0 Å². The van der Waals surface area contributed by atoms with Crippen molar-refractivity contribution in [2.75, 3.05) is 0 Å². The lowest BCUT2D eigenvalue weighted by atomic mass is 10.1. The van der Waals surface area contributed by atoms with Gasteiger partial charge in [-0.2, -0.15) is 0 Å². The van der Waals surface area contributed by atoms with Crippen LogP contribution in [0.25, 0.3) is 41.1 Å². The first kappa shape index (κ1) is 16.3. The van der Waals surface area contributed by atoms with E-state index >= 15 is 0 Å². The second-order valence-corrected chi connectivity index (χ2v) is 9.09. The van der Waals surface area contributed by atoms with Crippen LogP contribution in [0, 0.1) is 0 Å². The monoisotopic (exact) mass is 410 g/mol. The van der Waals surface area contributed by atoms with E-state index < -0.39 is 0 Å². The molecule has 0 N–H and O–H groups in total. The van der Waals surface area contributed by atoms with Crippen LogP contribution in [0.4, 0.5) is 0 Å². The van der Waals surface area contributed by atoms with E-state index in [1.165, 1.54) is 20.2 Å². The zero-order chi connectivity index (χ0) is 17.7. The van der Waals surface area contributed by atoms with Crippen molar-refractivity contribution < 1.29 is 0 Å². The molecule has 0 saturated heterocycles. The standard InChI is InChI=1S/C22H12Cl2S2/c23-17-12-16(22-10-14-6-2-4-8-20(14)26-22)18(24)11-15(17)21-9-13-5-1-3-7-19(13)25-21/h1-12H. The molecule has 4 heteroatoms. The lowest BCUT2D eigenvalue weighted by Gasteiger charge is -2.07. The van der Waals surface area contributed by atoms with Gasteiger partial charge in [0.1, 0.15) is 0 Å². The summed E-state index contributed by atoms with van der Waals surface area (Å²) in [6.07, 6.45) is 0. The molecule has 0 bridgehead atoms. The Morgan fingerprint density at radius 3 is 1.38 bits per heavy atom. The van der Waals surface area contributed by atoms with Crippen LogP contribution in [-0.4, -0.2) is 0 Å². The van der Waals surface area contributed by atoms with Gasteiger partial charge in [-0.05, 0) is 47.2 Å². The highest BCUT2D eigenvalue weighted by molar-refractivity contribution is 7.22. The molecular weight excluding hydrogens is 399 g/mol. The summed E-state index contributed by atoms with van der Waals surface area (Å²) in [6.45, 7) is 0. The van der Waals surface area contributed by atoms with Crippen molar-refractivity contribution in [1.29, 1.82) is 0 Å². The Balaban J connectivity index is 1.64. The second kappa shape index (κ2) is 6.40. The quantitative estimate of drug-likeness (QED) is 0.272. The molecule has 0 nitrogen and oxygen atoms in total. The van der Waals surface area contributed by atoms with E-state index in [0.29, 0.717) is 0 Å². The summed E-state index contributed by atoms with van der Waals surface area (Å²) in [7, 11) is 0. The van der Waals surface area contributed by atoms with Crippen molar-refractivity contribution in [3.63, 3.8) is 0 Å². The molecule has 26 heavy (non-hydrogen) atoms. The number of fused-ring (bicyclic) bond motifs is 2. The highest BCUT2D eigenvalue weighted by Gasteiger charge is 2.14. The summed E-state index contributed by atoms with van der Waals surface area (Å²) in [5.74, 6) is 0. The molecule has 0 aliphatic carbocycles. The number of benzene rings is 3. The van der Waals surface area contributed by atoms with Gasteiger partial charge in [0.15, 0.2) is 0 Å². The summed E-state index contributed by atoms with van der Waals surface area (Å²) in [5, 5.41) is 3.92. The average Bonchev–Trinajstić information content (AvgIpc) is 3.26.